The third-order valence-corrected chi connectivity index (χ3v) is 5.84. The molecule has 5 nitrogen and oxygen atoms in total. The van der Waals surface area contributed by atoms with Crippen LogP contribution < -0.4 is 5.32 Å². The zero-order chi connectivity index (χ0) is 20.9. The molecule has 28 heavy (non-hydrogen) atoms. The monoisotopic (exact) mass is 402 g/mol. The SMILES string of the molecule is CC(NC(=O)CN(Cc1ccccc1)S(C)(=O)=O)c1ccc(C(C)(C)C)cc1. The van der Waals surface area contributed by atoms with Gasteiger partial charge in [-0.05, 0) is 29.0 Å². The fourth-order valence-corrected chi connectivity index (χ4v) is 3.62. The maximum atomic E-state index is 12.5. The highest BCUT2D eigenvalue weighted by atomic mass is 32.2. The van der Waals surface area contributed by atoms with Crippen molar-refractivity contribution in [2.24, 2.45) is 0 Å². The zero-order valence-corrected chi connectivity index (χ0v) is 18.1. The summed E-state index contributed by atoms with van der Waals surface area (Å²) < 4.78 is 25.4. The summed E-state index contributed by atoms with van der Waals surface area (Å²) in [5.74, 6) is -0.325. The summed E-state index contributed by atoms with van der Waals surface area (Å²) in [6, 6.07) is 17.2. The smallest absolute Gasteiger partial charge is 0.235 e. The molecule has 1 atom stereocenters. The van der Waals surface area contributed by atoms with E-state index in [4.69, 9.17) is 0 Å². The molecule has 1 amide bonds. The van der Waals surface area contributed by atoms with Gasteiger partial charge in [-0.1, -0.05) is 75.4 Å². The lowest BCUT2D eigenvalue weighted by Crippen LogP contribution is -2.40. The minimum absolute atomic E-state index is 0.0679. The van der Waals surface area contributed by atoms with E-state index in [0.29, 0.717) is 0 Å². The lowest BCUT2D eigenvalue weighted by atomic mass is 9.86. The number of sulfonamides is 1. The molecular formula is C22H30N2O3S. The van der Waals surface area contributed by atoms with Gasteiger partial charge in [0, 0.05) is 6.54 Å². The van der Waals surface area contributed by atoms with Gasteiger partial charge in [0.2, 0.25) is 15.9 Å². The van der Waals surface area contributed by atoms with E-state index in [9.17, 15) is 13.2 Å². The number of amides is 1. The number of nitrogens with zero attached hydrogens (tertiary/aromatic N) is 1. The largest absolute Gasteiger partial charge is 0.348 e. The summed E-state index contributed by atoms with van der Waals surface area (Å²) in [5, 5.41) is 2.90. The Morgan fingerprint density at radius 2 is 1.61 bits per heavy atom. The third-order valence-electron chi connectivity index (χ3n) is 4.64. The number of carbonyl (C=O) groups excluding carboxylic acids is 1. The molecular weight excluding hydrogens is 372 g/mol. The summed E-state index contributed by atoms with van der Waals surface area (Å²) >= 11 is 0. The lowest BCUT2D eigenvalue weighted by Gasteiger charge is -2.22. The van der Waals surface area contributed by atoms with Crippen molar-refractivity contribution in [3.63, 3.8) is 0 Å². The molecule has 0 bridgehead atoms. The Labute approximate surface area is 168 Å². The van der Waals surface area contributed by atoms with Crippen LogP contribution in [-0.4, -0.2) is 31.4 Å². The third kappa shape index (κ3) is 6.46. The highest BCUT2D eigenvalue weighted by Gasteiger charge is 2.22. The van der Waals surface area contributed by atoms with Gasteiger partial charge in [0.25, 0.3) is 0 Å². The summed E-state index contributed by atoms with van der Waals surface area (Å²) in [5.41, 5.74) is 3.11. The van der Waals surface area contributed by atoms with Crippen molar-refractivity contribution < 1.29 is 13.2 Å². The first-order valence-corrected chi connectivity index (χ1v) is 11.2. The molecule has 0 heterocycles. The van der Waals surface area contributed by atoms with Crippen LogP contribution >= 0.6 is 0 Å². The van der Waals surface area contributed by atoms with Crippen molar-refractivity contribution in [1.82, 2.24) is 9.62 Å². The molecule has 2 aromatic carbocycles. The average molecular weight is 403 g/mol. The van der Waals surface area contributed by atoms with Crippen LogP contribution in [0.3, 0.4) is 0 Å². The number of benzene rings is 2. The van der Waals surface area contributed by atoms with Crippen LogP contribution in [0.1, 0.15) is 50.4 Å². The normalized spacial score (nSPS) is 13.4. The highest BCUT2D eigenvalue weighted by Crippen LogP contribution is 2.24. The van der Waals surface area contributed by atoms with E-state index in [2.05, 4.69) is 38.2 Å². The first-order chi connectivity index (χ1) is 13.0. The summed E-state index contributed by atoms with van der Waals surface area (Å²) in [7, 11) is -3.51. The Morgan fingerprint density at radius 1 is 1.04 bits per heavy atom. The van der Waals surface area contributed by atoms with Gasteiger partial charge in [-0.25, -0.2) is 8.42 Å². The second kappa shape index (κ2) is 8.88. The van der Waals surface area contributed by atoms with Gasteiger partial charge in [0.1, 0.15) is 0 Å². The van der Waals surface area contributed by atoms with E-state index in [1.54, 1.807) is 0 Å². The quantitative estimate of drug-likeness (QED) is 0.769. The van der Waals surface area contributed by atoms with Crippen molar-refractivity contribution in [2.75, 3.05) is 12.8 Å². The number of carbonyl (C=O) groups is 1. The molecule has 2 rings (SSSR count). The predicted molar refractivity (Wildman–Crippen MR) is 113 cm³/mol. The maximum absolute atomic E-state index is 12.5. The Kier molecular flexibility index (Phi) is 7.01. The molecule has 6 heteroatoms. The van der Waals surface area contributed by atoms with Gasteiger partial charge in [-0.2, -0.15) is 4.31 Å². The van der Waals surface area contributed by atoms with Gasteiger partial charge in [-0.15, -0.1) is 0 Å². The molecule has 2 aromatic rings. The van der Waals surface area contributed by atoms with E-state index in [1.165, 1.54) is 9.87 Å². The number of nitrogens with one attached hydrogen (secondary N) is 1. The van der Waals surface area contributed by atoms with Gasteiger partial charge in [-0.3, -0.25) is 4.79 Å². The van der Waals surface area contributed by atoms with Crippen molar-refractivity contribution in [2.45, 2.75) is 45.7 Å². The van der Waals surface area contributed by atoms with Crippen molar-refractivity contribution in [3.8, 4) is 0 Å². The Hall–Kier alpha value is -2.18. The molecule has 0 spiro atoms. The second-order valence-electron chi connectivity index (χ2n) is 8.18. The molecule has 0 radical (unpaired) electrons. The molecule has 0 aliphatic heterocycles. The van der Waals surface area contributed by atoms with Crippen LogP contribution in [0, 0.1) is 0 Å². The summed E-state index contributed by atoms with van der Waals surface area (Å²) in [4.78, 5) is 12.5. The van der Waals surface area contributed by atoms with Crippen LogP contribution in [-0.2, 0) is 26.8 Å². The predicted octanol–water partition coefficient (Wildman–Crippen LogP) is 3.62. The molecule has 1 unspecified atom stereocenters. The van der Waals surface area contributed by atoms with Crippen molar-refractivity contribution >= 4 is 15.9 Å². The second-order valence-corrected chi connectivity index (χ2v) is 10.2. The summed E-state index contributed by atoms with van der Waals surface area (Å²) in [6.45, 7) is 8.31. The van der Waals surface area contributed by atoms with E-state index >= 15 is 0 Å². The van der Waals surface area contributed by atoms with E-state index in [1.807, 2.05) is 49.4 Å². The Balaban J connectivity index is 2.03. The van der Waals surface area contributed by atoms with Gasteiger partial charge in [0.05, 0.1) is 18.8 Å². The minimum Gasteiger partial charge on any atom is -0.348 e. The van der Waals surface area contributed by atoms with Crippen LogP contribution in [0.4, 0.5) is 0 Å². The van der Waals surface area contributed by atoms with Crippen LogP contribution in [0.15, 0.2) is 54.6 Å². The first kappa shape index (κ1) is 22.1. The average Bonchev–Trinajstić information content (AvgIpc) is 2.60. The molecule has 0 saturated heterocycles. The maximum Gasteiger partial charge on any atom is 0.235 e. The molecule has 0 fully saturated rings. The lowest BCUT2D eigenvalue weighted by molar-refractivity contribution is -0.122. The van der Waals surface area contributed by atoms with Crippen molar-refractivity contribution in [3.05, 3.63) is 71.3 Å². The molecule has 0 saturated carbocycles. The van der Waals surface area contributed by atoms with Gasteiger partial charge in [0.15, 0.2) is 0 Å². The van der Waals surface area contributed by atoms with Gasteiger partial charge >= 0.3 is 0 Å². The number of hydrogen-bond donors (Lipinski definition) is 1. The Bertz CT molecular complexity index is 886. The highest BCUT2D eigenvalue weighted by molar-refractivity contribution is 7.88. The molecule has 1 N–H and O–H groups in total. The van der Waals surface area contributed by atoms with E-state index in [0.717, 1.165) is 17.4 Å². The first-order valence-electron chi connectivity index (χ1n) is 9.35. The Morgan fingerprint density at radius 3 is 2.11 bits per heavy atom. The fraction of sp³-hybridized carbons (Fsp3) is 0.409. The van der Waals surface area contributed by atoms with Crippen LogP contribution in [0.2, 0.25) is 0 Å². The van der Waals surface area contributed by atoms with E-state index in [-0.39, 0.29) is 30.5 Å². The summed E-state index contributed by atoms with van der Waals surface area (Å²) in [6.07, 6.45) is 1.12. The molecule has 0 aromatic heterocycles. The molecule has 0 aliphatic rings. The van der Waals surface area contributed by atoms with Crippen LogP contribution in [0.5, 0.6) is 0 Å². The standard InChI is InChI=1S/C22H30N2O3S/c1-17(19-11-13-20(14-12-19)22(2,3)4)23-21(25)16-24(28(5,26)27)15-18-9-7-6-8-10-18/h6-14,17H,15-16H2,1-5H3,(H,23,25). The number of hydrogen-bond acceptors (Lipinski definition) is 3. The fourth-order valence-electron chi connectivity index (χ4n) is 2.88. The molecule has 0 aliphatic carbocycles. The number of rotatable bonds is 7. The topological polar surface area (TPSA) is 66.5 Å². The molecule has 152 valence electrons. The van der Waals surface area contributed by atoms with E-state index < -0.39 is 10.0 Å². The van der Waals surface area contributed by atoms with Crippen LogP contribution in [0.25, 0.3) is 0 Å². The van der Waals surface area contributed by atoms with Gasteiger partial charge < -0.3 is 5.32 Å². The minimum atomic E-state index is -3.51. The van der Waals surface area contributed by atoms with Crippen molar-refractivity contribution in [1.29, 1.82) is 0 Å². The zero-order valence-electron chi connectivity index (χ0n) is 17.3.